The fraction of sp³-hybridized carbons (Fsp3) is 0.233. The molecule has 282 valence electrons. The van der Waals surface area contributed by atoms with Crippen LogP contribution in [-0.2, 0) is 0 Å². The number of hydrogen-bond acceptors (Lipinski definition) is 25. The molecular weight excluding hydrogens is 711 g/mol. The monoisotopic (exact) mass is 747 g/mol. The van der Waals surface area contributed by atoms with E-state index in [9.17, 15) is 0 Å². The summed E-state index contributed by atoms with van der Waals surface area (Å²) in [5, 5.41) is 49.4. The minimum absolute atomic E-state index is 0.600. The van der Waals surface area contributed by atoms with Crippen molar-refractivity contribution in [3.63, 3.8) is 0 Å². The molecule has 0 radical (unpaired) electrons. The van der Waals surface area contributed by atoms with Crippen LogP contribution in [0, 0.1) is 48.5 Å². The second kappa shape index (κ2) is 32.0. The first kappa shape index (κ1) is 45.0. The molecule has 0 aliphatic carbocycles. The lowest BCUT2D eigenvalue weighted by atomic mass is 10.6. The zero-order valence-electron chi connectivity index (χ0n) is 30.9. The van der Waals surface area contributed by atoms with Crippen LogP contribution in [0.5, 0.6) is 0 Å². The van der Waals surface area contributed by atoms with E-state index in [0.717, 1.165) is 23.2 Å². The molecule has 0 N–H and O–H groups in total. The zero-order valence-corrected chi connectivity index (χ0v) is 30.9. The van der Waals surface area contributed by atoms with Crippen molar-refractivity contribution in [3.8, 4) is 0 Å². The quantitative estimate of drug-likeness (QED) is 0.204. The van der Waals surface area contributed by atoms with E-state index in [-0.39, 0.29) is 0 Å². The molecule has 55 heavy (non-hydrogen) atoms. The van der Waals surface area contributed by atoms with Crippen LogP contribution in [0.25, 0.3) is 0 Å². The van der Waals surface area contributed by atoms with Gasteiger partial charge in [0.15, 0.2) is 12.2 Å². The second-order valence-electron chi connectivity index (χ2n) is 9.08. The summed E-state index contributed by atoms with van der Waals surface area (Å²) in [6.07, 6.45) is 24.1. The Kier molecular flexibility index (Phi) is 26.2. The third kappa shape index (κ3) is 30.5. The highest BCUT2D eigenvalue weighted by molar-refractivity contribution is 4.84. The number of hydrogen-bond donors (Lipinski definition) is 0. The Bertz CT molecular complexity index is 1640. The molecule has 25 heteroatoms. The van der Waals surface area contributed by atoms with Crippen LogP contribution in [0.2, 0.25) is 0 Å². The smallest absolute Gasteiger partial charge is 0.170 e. The predicted octanol–water partition coefficient (Wildman–Crippen LogP) is 0.527. The lowest BCUT2D eigenvalue weighted by Gasteiger charge is -1.88. The summed E-state index contributed by atoms with van der Waals surface area (Å²) in [6.45, 7) is 12.7. The molecule has 8 aromatic heterocycles. The molecule has 0 aliphatic heterocycles. The van der Waals surface area contributed by atoms with E-state index in [1.807, 2.05) is 27.7 Å². The molecule has 0 fully saturated rings. The van der Waals surface area contributed by atoms with Gasteiger partial charge in [-0.15, -0.1) is 45.9 Å². The Morgan fingerprint density at radius 2 is 0.727 bits per heavy atom. The van der Waals surface area contributed by atoms with Gasteiger partial charge >= 0.3 is 0 Å². The summed E-state index contributed by atoms with van der Waals surface area (Å²) in [6, 6.07) is 0. The molecule has 0 aromatic carbocycles. The van der Waals surface area contributed by atoms with E-state index >= 15 is 0 Å². The normalized spacial score (nSPS) is 8.64. The zero-order chi connectivity index (χ0) is 40.0. The van der Waals surface area contributed by atoms with E-state index < -0.39 is 0 Å². The van der Waals surface area contributed by atoms with Crippen LogP contribution in [0.15, 0.2) is 100 Å². The maximum absolute atomic E-state index is 3.95. The van der Waals surface area contributed by atoms with Gasteiger partial charge in [-0.2, -0.15) is 25.5 Å². The SMILES string of the molecule is Cc1cncnn1.Cc1nccnn1.Cc1nccnn1.Cc1ncnc(C)n1.Cc1ncncn1.Cc1nncnn1.c1cnncn1.c1cnncn1. The molecule has 8 heterocycles. The minimum Gasteiger partial charge on any atom is -0.241 e. The number of rotatable bonds is 0. The summed E-state index contributed by atoms with van der Waals surface area (Å²) in [5.41, 5.74) is 0.850. The lowest BCUT2D eigenvalue weighted by Crippen LogP contribution is -1.91. The first-order chi connectivity index (χ1) is 26.8. The van der Waals surface area contributed by atoms with E-state index in [0.29, 0.717) is 17.5 Å². The van der Waals surface area contributed by atoms with Gasteiger partial charge in [-0.1, -0.05) is 0 Å². The third-order valence-corrected chi connectivity index (χ3v) is 4.54. The Balaban J connectivity index is 0.000000315. The maximum atomic E-state index is 3.95. The van der Waals surface area contributed by atoms with Crippen LogP contribution in [-0.4, -0.2) is 126 Å². The molecule has 0 unspecified atom stereocenters. The Hall–Kier alpha value is -7.99. The van der Waals surface area contributed by atoms with Crippen molar-refractivity contribution in [3.05, 3.63) is 141 Å². The molecule has 25 nitrogen and oxygen atoms in total. The minimum atomic E-state index is 0.600. The lowest BCUT2D eigenvalue weighted by molar-refractivity contribution is 0.806. The van der Waals surface area contributed by atoms with E-state index in [1.54, 1.807) is 64.1 Å². The maximum Gasteiger partial charge on any atom is 0.170 e. The highest BCUT2D eigenvalue weighted by Crippen LogP contribution is 1.83. The number of nitrogens with zero attached hydrogens (tertiary/aromatic N) is 25. The second-order valence-corrected chi connectivity index (χ2v) is 9.08. The van der Waals surface area contributed by atoms with Crippen molar-refractivity contribution in [1.82, 2.24) is 126 Å². The van der Waals surface area contributed by atoms with Crippen LogP contribution >= 0.6 is 0 Å². The van der Waals surface area contributed by atoms with Crippen LogP contribution in [0.3, 0.4) is 0 Å². The highest BCUT2D eigenvalue weighted by atomic mass is 15.3. The first-order valence-electron chi connectivity index (χ1n) is 15.4. The van der Waals surface area contributed by atoms with Gasteiger partial charge in [0.25, 0.3) is 0 Å². The number of aryl methyl sites for hydroxylation is 7. The van der Waals surface area contributed by atoms with Gasteiger partial charge in [0, 0.05) is 24.8 Å². The molecule has 0 bridgehead atoms. The Morgan fingerprint density at radius 1 is 0.273 bits per heavy atom. The average molecular weight is 748 g/mol. The summed E-state index contributed by atoms with van der Waals surface area (Å²) in [5.74, 6) is 4.33. The number of aromatic nitrogens is 25. The molecule has 0 saturated carbocycles. The molecule has 0 spiro atoms. The van der Waals surface area contributed by atoms with Gasteiger partial charge < -0.3 is 0 Å². The predicted molar refractivity (Wildman–Crippen MR) is 190 cm³/mol. The Labute approximate surface area is 315 Å². The molecule has 8 rings (SSSR count). The molecule has 0 aliphatic rings. The fourth-order valence-corrected chi connectivity index (χ4v) is 2.40. The fourth-order valence-electron chi connectivity index (χ4n) is 2.40. The van der Waals surface area contributed by atoms with Gasteiger partial charge in [-0.25, -0.2) is 54.8 Å². The van der Waals surface area contributed by atoms with Gasteiger partial charge in [0.1, 0.15) is 67.1 Å². The van der Waals surface area contributed by atoms with Gasteiger partial charge in [0.05, 0.1) is 36.7 Å². The molecule has 8 aromatic rings. The van der Waals surface area contributed by atoms with Crippen molar-refractivity contribution in [2.45, 2.75) is 48.5 Å². The molecule has 0 saturated heterocycles. The first-order valence-corrected chi connectivity index (χ1v) is 15.4. The van der Waals surface area contributed by atoms with E-state index in [4.69, 9.17) is 0 Å². The molecule has 0 amide bonds. The summed E-state index contributed by atoms with van der Waals surface area (Å²) < 4.78 is 0. The Morgan fingerprint density at radius 3 is 0.927 bits per heavy atom. The summed E-state index contributed by atoms with van der Waals surface area (Å²) in [4.78, 5) is 41.3. The summed E-state index contributed by atoms with van der Waals surface area (Å²) >= 11 is 0. The third-order valence-electron chi connectivity index (χ3n) is 4.54. The molecular formula is C30H37N25. The van der Waals surface area contributed by atoms with Crippen molar-refractivity contribution in [2.75, 3.05) is 0 Å². The van der Waals surface area contributed by atoms with Crippen molar-refractivity contribution in [2.24, 2.45) is 0 Å². The highest BCUT2D eigenvalue weighted by Gasteiger charge is 1.85. The van der Waals surface area contributed by atoms with Gasteiger partial charge in [-0.3, -0.25) is 0 Å². The van der Waals surface area contributed by atoms with Crippen molar-refractivity contribution < 1.29 is 0 Å². The van der Waals surface area contributed by atoms with Crippen molar-refractivity contribution >= 4 is 0 Å². The van der Waals surface area contributed by atoms with Crippen LogP contribution < -0.4 is 0 Å². The van der Waals surface area contributed by atoms with E-state index in [1.165, 1.54) is 56.7 Å². The summed E-state index contributed by atoms with van der Waals surface area (Å²) in [7, 11) is 0. The topological polar surface area (TPSA) is 322 Å². The van der Waals surface area contributed by atoms with Gasteiger partial charge in [0.2, 0.25) is 0 Å². The van der Waals surface area contributed by atoms with E-state index in [2.05, 4.69) is 126 Å². The average Bonchev–Trinajstić information content (AvgIpc) is 3.22. The van der Waals surface area contributed by atoms with Crippen LogP contribution in [0.1, 0.15) is 40.6 Å². The van der Waals surface area contributed by atoms with Crippen LogP contribution in [0.4, 0.5) is 0 Å². The standard InChI is InChI=1S/C5H7N3.4C4H5N3.C3H4N4.2C3H3N3/c1-4-6-3-7-5(2)8-4;1-4-6-2-5-3-7-4;1-4-2-5-3-6-7-4;2*1-4-5-2-3-6-7-4;1-3-6-4-2-5-7-3;2*1-2-5-6-3-4-1/h3H,1-2H3;4*2-3H,1H3;2H,1H3;2*1-3H. The molecule has 0 atom stereocenters. The van der Waals surface area contributed by atoms with Gasteiger partial charge in [-0.05, 0) is 48.5 Å². The van der Waals surface area contributed by atoms with Crippen molar-refractivity contribution in [1.29, 1.82) is 0 Å². The largest absolute Gasteiger partial charge is 0.241 e.